The molecule has 0 amide bonds. The summed E-state index contributed by atoms with van der Waals surface area (Å²) in [5.74, 6) is 0.492. The van der Waals surface area contributed by atoms with E-state index < -0.39 is 5.82 Å². The van der Waals surface area contributed by atoms with Crippen molar-refractivity contribution in [3.63, 3.8) is 0 Å². The summed E-state index contributed by atoms with van der Waals surface area (Å²) in [6.45, 7) is 1.91. The van der Waals surface area contributed by atoms with E-state index in [0.29, 0.717) is 11.5 Å². The molecule has 0 saturated heterocycles. The van der Waals surface area contributed by atoms with Gasteiger partial charge < -0.3 is 4.74 Å². The van der Waals surface area contributed by atoms with Gasteiger partial charge in [-0.3, -0.25) is 0 Å². The molecular weight excluding hydrogens is 217 g/mol. The number of nitrogens with zero attached hydrogens (tertiary/aromatic N) is 1. The maximum Gasteiger partial charge on any atom is 0.144 e. The number of halogens is 1. The van der Waals surface area contributed by atoms with Crippen LogP contribution in [-0.4, -0.2) is 0 Å². The lowest BCUT2D eigenvalue weighted by atomic mass is 10.2. The highest BCUT2D eigenvalue weighted by Gasteiger charge is 2.05. The normalized spacial score (nSPS) is 9.71. The Kier molecular flexibility index (Phi) is 3.06. The molecule has 2 rings (SSSR count). The number of aryl methyl sites for hydroxylation is 1. The molecule has 0 aliphatic heterocycles. The summed E-state index contributed by atoms with van der Waals surface area (Å²) < 4.78 is 18.9. The zero-order valence-corrected chi connectivity index (χ0v) is 9.27. The van der Waals surface area contributed by atoms with Crippen LogP contribution in [-0.2, 0) is 0 Å². The highest BCUT2D eigenvalue weighted by atomic mass is 19.1. The van der Waals surface area contributed by atoms with Crippen LogP contribution in [0.4, 0.5) is 4.39 Å². The lowest BCUT2D eigenvalue weighted by molar-refractivity contribution is 0.473. The summed E-state index contributed by atoms with van der Waals surface area (Å²) in [6, 6.07) is 13.4. The average Bonchev–Trinajstić information content (AvgIpc) is 2.32. The standard InChI is InChI=1S/C14H10FNO/c1-10-4-2-3-5-14(10)17-12-7-6-11(9-16)13(15)8-12/h2-8H,1H3. The monoisotopic (exact) mass is 227 g/mol. The lowest BCUT2D eigenvalue weighted by Gasteiger charge is -2.08. The predicted octanol–water partition coefficient (Wildman–Crippen LogP) is 3.80. The first-order chi connectivity index (χ1) is 8.20. The van der Waals surface area contributed by atoms with Crippen LogP contribution in [0.25, 0.3) is 0 Å². The summed E-state index contributed by atoms with van der Waals surface area (Å²) in [5, 5.41) is 8.61. The smallest absolute Gasteiger partial charge is 0.144 e. The lowest BCUT2D eigenvalue weighted by Crippen LogP contribution is -1.89. The van der Waals surface area contributed by atoms with Crippen molar-refractivity contribution in [2.45, 2.75) is 6.92 Å². The molecule has 2 aromatic carbocycles. The SMILES string of the molecule is Cc1ccccc1Oc1ccc(C#N)c(F)c1. The molecule has 0 atom stereocenters. The third-order valence-corrected chi connectivity index (χ3v) is 2.38. The van der Waals surface area contributed by atoms with Gasteiger partial charge in [0.25, 0.3) is 0 Å². The van der Waals surface area contributed by atoms with Gasteiger partial charge in [-0.05, 0) is 30.7 Å². The Balaban J connectivity index is 2.29. The molecule has 84 valence electrons. The minimum Gasteiger partial charge on any atom is -0.457 e. The third-order valence-electron chi connectivity index (χ3n) is 2.38. The highest BCUT2D eigenvalue weighted by molar-refractivity contribution is 5.40. The molecule has 0 spiro atoms. The summed E-state index contributed by atoms with van der Waals surface area (Å²) in [6.07, 6.45) is 0. The molecule has 0 radical (unpaired) electrons. The number of rotatable bonds is 2. The fourth-order valence-electron chi connectivity index (χ4n) is 1.45. The van der Waals surface area contributed by atoms with Crippen LogP contribution in [0.5, 0.6) is 11.5 Å². The molecule has 0 bridgehead atoms. The van der Waals surface area contributed by atoms with Crippen LogP contribution in [0.1, 0.15) is 11.1 Å². The van der Waals surface area contributed by atoms with Crippen molar-refractivity contribution in [2.24, 2.45) is 0 Å². The molecule has 0 heterocycles. The Labute approximate surface area is 98.9 Å². The van der Waals surface area contributed by atoms with Gasteiger partial charge in [0.15, 0.2) is 0 Å². The molecule has 0 saturated carbocycles. The van der Waals surface area contributed by atoms with Crippen molar-refractivity contribution in [3.05, 3.63) is 59.4 Å². The molecule has 0 N–H and O–H groups in total. The molecule has 2 aromatic rings. The van der Waals surface area contributed by atoms with Crippen LogP contribution in [0.2, 0.25) is 0 Å². The zero-order chi connectivity index (χ0) is 12.3. The van der Waals surface area contributed by atoms with Gasteiger partial charge in [-0.25, -0.2) is 4.39 Å². The zero-order valence-electron chi connectivity index (χ0n) is 9.27. The highest BCUT2D eigenvalue weighted by Crippen LogP contribution is 2.25. The number of ether oxygens (including phenoxy) is 1. The van der Waals surface area contributed by atoms with Crippen molar-refractivity contribution < 1.29 is 9.13 Å². The van der Waals surface area contributed by atoms with Crippen molar-refractivity contribution in [1.29, 1.82) is 5.26 Å². The number of benzene rings is 2. The Hall–Kier alpha value is -2.34. The molecule has 0 unspecified atom stereocenters. The number of para-hydroxylation sites is 1. The number of nitriles is 1. The first-order valence-corrected chi connectivity index (χ1v) is 5.14. The van der Waals surface area contributed by atoms with Crippen molar-refractivity contribution in [2.75, 3.05) is 0 Å². The molecule has 2 nitrogen and oxygen atoms in total. The van der Waals surface area contributed by atoms with Crippen molar-refractivity contribution in [1.82, 2.24) is 0 Å². The van der Waals surface area contributed by atoms with E-state index in [9.17, 15) is 4.39 Å². The van der Waals surface area contributed by atoms with Crippen LogP contribution < -0.4 is 4.74 Å². The summed E-state index contributed by atoms with van der Waals surface area (Å²) in [4.78, 5) is 0. The van der Waals surface area contributed by atoms with E-state index in [1.807, 2.05) is 31.2 Å². The molecule has 0 fully saturated rings. The van der Waals surface area contributed by atoms with Gasteiger partial charge in [0.05, 0.1) is 5.56 Å². The summed E-state index contributed by atoms with van der Waals surface area (Å²) >= 11 is 0. The van der Waals surface area contributed by atoms with E-state index in [-0.39, 0.29) is 5.56 Å². The van der Waals surface area contributed by atoms with Gasteiger partial charge in [0.2, 0.25) is 0 Å². The van der Waals surface area contributed by atoms with Gasteiger partial charge in [-0.15, -0.1) is 0 Å². The average molecular weight is 227 g/mol. The minimum absolute atomic E-state index is 0.0159. The van der Waals surface area contributed by atoms with E-state index in [1.165, 1.54) is 12.1 Å². The van der Waals surface area contributed by atoms with Crippen LogP contribution in [0.15, 0.2) is 42.5 Å². The fraction of sp³-hybridized carbons (Fsp3) is 0.0714. The Bertz CT molecular complexity index is 587. The summed E-state index contributed by atoms with van der Waals surface area (Å²) in [7, 11) is 0. The predicted molar refractivity (Wildman–Crippen MR) is 62.4 cm³/mol. The van der Waals surface area contributed by atoms with Crippen molar-refractivity contribution >= 4 is 0 Å². The third kappa shape index (κ3) is 2.43. The molecule has 0 aliphatic rings. The first kappa shape index (κ1) is 11.2. The van der Waals surface area contributed by atoms with Gasteiger partial charge in [-0.2, -0.15) is 5.26 Å². The van der Waals surface area contributed by atoms with E-state index in [0.717, 1.165) is 5.56 Å². The van der Waals surface area contributed by atoms with E-state index in [2.05, 4.69) is 0 Å². The van der Waals surface area contributed by atoms with E-state index in [4.69, 9.17) is 10.00 Å². The van der Waals surface area contributed by atoms with E-state index in [1.54, 1.807) is 12.1 Å². The van der Waals surface area contributed by atoms with Gasteiger partial charge in [0.1, 0.15) is 23.4 Å². The maximum absolute atomic E-state index is 13.4. The summed E-state index contributed by atoms with van der Waals surface area (Å²) in [5.41, 5.74) is 0.986. The minimum atomic E-state index is -0.571. The Morgan fingerprint density at radius 2 is 1.94 bits per heavy atom. The van der Waals surface area contributed by atoms with Gasteiger partial charge >= 0.3 is 0 Å². The quantitative estimate of drug-likeness (QED) is 0.781. The second-order valence-corrected chi connectivity index (χ2v) is 3.62. The van der Waals surface area contributed by atoms with Gasteiger partial charge in [-0.1, -0.05) is 18.2 Å². The molecular formula is C14H10FNO. The molecule has 0 aromatic heterocycles. The largest absolute Gasteiger partial charge is 0.457 e. The molecule has 17 heavy (non-hydrogen) atoms. The fourth-order valence-corrected chi connectivity index (χ4v) is 1.45. The van der Waals surface area contributed by atoms with Crippen LogP contribution in [0, 0.1) is 24.1 Å². The Morgan fingerprint density at radius 3 is 2.59 bits per heavy atom. The molecule has 3 heteroatoms. The van der Waals surface area contributed by atoms with Crippen molar-refractivity contribution in [3.8, 4) is 17.6 Å². The van der Waals surface area contributed by atoms with Gasteiger partial charge in [0, 0.05) is 6.07 Å². The molecule has 0 aliphatic carbocycles. The van der Waals surface area contributed by atoms with E-state index >= 15 is 0 Å². The van der Waals surface area contributed by atoms with Crippen LogP contribution >= 0.6 is 0 Å². The number of hydrogen-bond donors (Lipinski definition) is 0. The second-order valence-electron chi connectivity index (χ2n) is 3.62. The number of hydrogen-bond acceptors (Lipinski definition) is 2. The maximum atomic E-state index is 13.4. The second kappa shape index (κ2) is 4.67. The Morgan fingerprint density at radius 1 is 1.18 bits per heavy atom. The topological polar surface area (TPSA) is 33.0 Å². The first-order valence-electron chi connectivity index (χ1n) is 5.14. The van der Waals surface area contributed by atoms with Crippen LogP contribution in [0.3, 0.4) is 0 Å².